The van der Waals surface area contributed by atoms with E-state index in [2.05, 4.69) is 0 Å². The smallest absolute Gasteiger partial charge is 0.254 e. The van der Waals surface area contributed by atoms with E-state index in [1.807, 2.05) is 35.6 Å². The first-order chi connectivity index (χ1) is 8.99. The van der Waals surface area contributed by atoms with E-state index in [4.69, 9.17) is 4.42 Å². The number of nitrogens with zero attached hydrogens (tertiary/aromatic N) is 1. The van der Waals surface area contributed by atoms with Crippen LogP contribution in [-0.2, 0) is 6.54 Å². The zero-order valence-electron chi connectivity index (χ0n) is 10.6. The number of hydrogen-bond donors (Lipinski definition) is 0. The second kappa shape index (κ2) is 5.73. The normalized spacial score (nSPS) is 10.5. The van der Waals surface area contributed by atoms with Crippen molar-refractivity contribution in [3.05, 3.63) is 56.8 Å². The molecule has 3 nitrogen and oxygen atoms in total. The molecule has 1 amide bonds. The minimum atomic E-state index is -0.339. The zero-order chi connectivity index (χ0) is 14.0. The predicted octanol–water partition coefficient (Wildman–Crippen LogP) is 3.60. The summed E-state index contributed by atoms with van der Waals surface area (Å²) in [5.74, 6) is 0.327. The molecule has 0 aliphatic heterocycles. The average Bonchev–Trinajstić information content (AvgIpc) is 2.74. The van der Waals surface area contributed by atoms with Crippen molar-refractivity contribution in [2.24, 2.45) is 0 Å². The largest absolute Gasteiger partial charge is 0.469 e. The third-order valence-corrected chi connectivity index (χ3v) is 3.77. The molecule has 0 saturated heterocycles. The van der Waals surface area contributed by atoms with Crippen molar-refractivity contribution < 1.29 is 13.6 Å². The van der Waals surface area contributed by atoms with Gasteiger partial charge in [-0.1, -0.05) is 0 Å². The van der Waals surface area contributed by atoms with Crippen molar-refractivity contribution in [1.82, 2.24) is 4.90 Å². The number of benzene rings is 1. The molecule has 0 unspecified atom stereocenters. The Hall–Kier alpha value is -1.37. The van der Waals surface area contributed by atoms with Crippen LogP contribution in [0.15, 0.2) is 34.9 Å². The van der Waals surface area contributed by atoms with Crippen molar-refractivity contribution in [1.29, 1.82) is 0 Å². The van der Waals surface area contributed by atoms with E-state index in [0.717, 1.165) is 11.3 Å². The fourth-order valence-corrected chi connectivity index (χ4v) is 2.48. The van der Waals surface area contributed by atoms with Gasteiger partial charge in [0.25, 0.3) is 5.91 Å². The summed E-state index contributed by atoms with van der Waals surface area (Å²) in [5.41, 5.74) is 1.47. The number of amides is 1. The van der Waals surface area contributed by atoms with Gasteiger partial charge in [0.1, 0.15) is 11.6 Å². The molecule has 0 N–H and O–H groups in total. The van der Waals surface area contributed by atoms with Crippen LogP contribution >= 0.6 is 22.6 Å². The number of carbonyl (C=O) groups excluding carboxylic acids is 1. The highest BCUT2D eigenvalue weighted by molar-refractivity contribution is 14.1. The van der Waals surface area contributed by atoms with Gasteiger partial charge in [-0.3, -0.25) is 4.79 Å². The Kier molecular flexibility index (Phi) is 4.24. The molecule has 100 valence electrons. The van der Waals surface area contributed by atoms with Crippen LogP contribution in [0.1, 0.15) is 21.7 Å². The Morgan fingerprint density at radius 2 is 2.16 bits per heavy atom. The molecule has 2 aromatic rings. The Morgan fingerprint density at radius 3 is 2.74 bits per heavy atom. The van der Waals surface area contributed by atoms with Crippen LogP contribution in [0.5, 0.6) is 0 Å². The van der Waals surface area contributed by atoms with Crippen LogP contribution in [0.2, 0.25) is 0 Å². The molecule has 0 saturated carbocycles. The highest BCUT2D eigenvalue weighted by Gasteiger charge is 2.16. The molecule has 0 aliphatic carbocycles. The second-order valence-electron chi connectivity index (χ2n) is 4.29. The standard InChI is InChI=1S/C14H13FINO2/c1-9-10(5-6-19-9)8-17(2)14(18)12-4-3-11(15)7-13(12)16/h3-7H,8H2,1-2H3. The molecule has 19 heavy (non-hydrogen) atoms. The fourth-order valence-electron chi connectivity index (χ4n) is 1.77. The lowest BCUT2D eigenvalue weighted by Gasteiger charge is -2.17. The Morgan fingerprint density at radius 1 is 1.42 bits per heavy atom. The van der Waals surface area contributed by atoms with Crippen molar-refractivity contribution in [2.75, 3.05) is 7.05 Å². The van der Waals surface area contributed by atoms with Gasteiger partial charge in [-0.15, -0.1) is 0 Å². The minimum Gasteiger partial charge on any atom is -0.469 e. The molecule has 0 spiro atoms. The molecule has 0 aliphatic rings. The number of furan rings is 1. The summed E-state index contributed by atoms with van der Waals surface area (Å²) >= 11 is 1.97. The van der Waals surface area contributed by atoms with Crippen LogP contribution < -0.4 is 0 Å². The monoisotopic (exact) mass is 373 g/mol. The highest BCUT2D eigenvalue weighted by atomic mass is 127. The summed E-state index contributed by atoms with van der Waals surface area (Å²) in [7, 11) is 1.72. The van der Waals surface area contributed by atoms with Gasteiger partial charge in [0, 0.05) is 22.7 Å². The first kappa shape index (κ1) is 14.0. The quantitative estimate of drug-likeness (QED) is 0.771. The molecule has 0 bridgehead atoms. The number of hydrogen-bond acceptors (Lipinski definition) is 2. The Bertz CT molecular complexity index is 609. The molecular weight excluding hydrogens is 360 g/mol. The van der Waals surface area contributed by atoms with Crippen LogP contribution in [-0.4, -0.2) is 17.9 Å². The topological polar surface area (TPSA) is 33.5 Å². The summed E-state index contributed by atoms with van der Waals surface area (Å²) < 4.78 is 18.8. The molecule has 1 aromatic carbocycles. The van der Waals surface area contributed by atoms with Gasteiger partial charge in [-0.05, 0) is 53.8 Å². The van der Waals surface area contributed by atoms with Crippen LogP contribution in [0, 0.1) is 16.3 Å². The van der Waals surface area contributed by atoms with E-state index in [-0.39, 0.29) is 11.7 Å². The van der Waals surface area contributed by atoms with Gasteiger partial charge in [-0.25, -0.2) is 4.39 Å². The van der Waals surface area contributed by atoms with Gasteiger partial charge < -0.3 is 9.32 Å². The van der Waals surface area contributed by atoms with Gasteiger partial charge >= 0.3 is 0 Å². The first-order valence-corrected chi connectivity index (χ1v) is 6.80. The van der Waals surface area contributed by atoms with Gasteiger partial charge in [0.05, 0.1) is 11.8 Å². The van der Waals surface area contributed by atoms with E-state index < -0.39 is 0 Å². The maximum Gasteiger partial charge on any atom is 0.254 e. The fraction of sp³-hybridized carbons (Fsp3) is 0.214. The minimum absolute atomic E-state index is 0.134. The number of carbonyl (C=O) groups is 1. The summed E-state index contributed by atoms with van der Waals surface area (Å²) in [5, 5.41) is 0. The lowest BCUT2D eigenvalue weighted by Crippen LogP contribution is -2.27. The maximum absolute atomic E-state index is 13.0. The van der Waals surface area contributed by atoms with E-state index in [9.17, 15) is 9.18 Å². The van der Waals surface area contributed by atoms with Crippen molar-refractivity contribution >= 4 is 28.5 Å². The molecule has 2 rings (SSSR count). The third kappa shape index (κ3) is 3.15. The summed E-state index contributed by atoms with van der Waals surface area (Å²) in [6.45, 7) is 2.32. The predicted molar refractivity (Wildman–Crippen MR) is 78.4 cm³/mol. The third-order valence-electron chi connectivity index (χ3n) is 2.88. The SMILES string of the molecule is Cc1occc1CN(C)C(=O)c1ccc(F)cc1I. The zero-order valence-corrected chi connectivity index (χ0v) is 12.8. The summed E-state index contributed by atoms with van der Waals surface area (Å²) in [6, 6.07) is 6.00. The van der Waals surface area contributed by atoms with Gasteiger partial charge in [0.2, 0.25) is 0 Å². The van der Waals surface area contributed by atoms with Crippen LogP contribution in [0.3, 0.4) is 0 Å². The van der Waals surface area contributed by atoms with Gasteiger partial charge in [0.15, 0.2) is 0 Å². The average molecular weight is 373 g/mol. The van der Waals surface area contributed by atoms with E-state index in [1.165, 1.54) is 18.2 Å². The summed E-state index contributed by atoms with van der Waals surface area (Å²) in [6.07, 6.45) is 1.60. The van der Waals surface area contributed by atoms with E-state index in [0.29, 0.717) is 15.7 Å². The highest BCUT2D eigenvalue weighted by Crippen LogP contribution is 2.18. The molecular formula is C14H13FINO2. The maximum atomic E-state index is 13.0. The molecule has 1 heterocycles. The number of rotatable bonds is 3. The lowest BCUT2D eigenvalue weighted by atomic mass is 10.2. The first-order valence-electron chi connectivity index (χ1n) is 5.72. The van der Waals surface area contributed by atoms with Gasteiger partial charge in [-0.2, -0.15) is 0 Å². The van der Waals surface area contributed by atoms with E-state index in [1.54, 1.807) is 18.2 Å². The molecule has 0 atom stereocenters. The molecule has 1 aromatic heterocycles. The molecule has 0 radical (unpaired) electrons. The number of aryl methyl sites for hydroxylation is 1. The van der Waals surface area contributed by atoms with Crippen LogP contribution in [0.4, 0.5) is 4.39 Å². The number of halogens is 2. The van der Waals surface area contributed by atoms with E-state index >= 15 is 0 Å². The van der Waals surface area contributed by atoms with Crippen molar-refractivity contribution in [3.8, 4) is 0 Å². The second-order valence-corrected chi connectivity index (χ2v) is 5.45. The van der Waals surface area contributed by atoms with Crippen molar-refractivity contribution in [2.45, 2.75) is 13.5 Å². The lowest BCUT2D eigenvalue weighted by molar-refractivity contribution is 0.0783. The van der Waals surface area contributed by atoms with Crippen molar-refractivity contribution in [3.63, 3.8) is 0 Å². The summed E-state index contributed by atoms with van der Waals surface area (Å²) in [4.78, 5) is 13.9. The molecule has 0 fully saturated rings. The van der Waals surface area contributed by atoms with Crippen LogP contribution in [0.25, 0.3) is 0 Å². The molecule has 5 heteroatoms. The Labute approximate surface area is 124 Å². The Balaban J connectivity index is 2.17.